The van der Waals surface area contributed by atoms with E-state index in [1.165, 1.54) is 11.9 Å². The Bertz CT molecular complexity index is 662. The molecule has 6 nitrogen and oxygen atoms in total. The highest BCUT2D eigenvalue weighted by atomic mass is 15.3. The van der Waals surface area contributed by atoms with Crippen molar-refractivity contribution in [2.24, 2.45) is 0 Å². The zero-order valence-electron chi connectivity index (χ0n) is 11.5. The van der Waals surface area contributed by atoms with Crippen molar-refractivity contribution in [3.63, 3.8) is 0 Å². The summed E-state index contributed by atoms with van der Waals surface area (Å²) in [6.07, 6.45) is 3.21. The molecule has 102 valence electrons. The second-order valence-corrected chi connectivity index (χ2v) is 4.65. The number of aryl methyl sites for hydroxylation is 2. The van der Waals surface area contributed by atoms with E-state index >= 15 is 0 Å². The van der Waals surface area contributed by atoms with Gasteiger partial charge in [-0.05, 0) is 38.1 Å². The molecular weight excluding hydrogens is 252 g/mol. The molecule has 0 bridgehead atoms. The fourth-order valence-corrected chi connectivity index (χ4v) is 2.10. The standard InChI is InChI=1S/C14H16N6/c1-10-14(11(2)19-18-10)7-16-12-3-5-13(6-4-12)20-9-15-8-17-20/h3-6,8-9,16H,7H2,1-2H3,(H,18,19). The molecule has 2 heterocycles. The summed E-state index contributed by atoms with van der Waals surface area (Å²) in [4.78, 5) is 3.94. The number of hydrogen-bond acceptors (Lipinski definition) is 4. The predicted molar refractivity (Wildman–Crippen MR) is 76.7 cm³/mol. The van der Waals surface area contributed by atoms with Gasteiger partial charge in [-0.15, -0.1) is 0 Å². The highest BCUT2D eigenvalue weighted by Gasteiger charge is 2.05. The Hall–Kier alpha value is -2.63. The van der Waals surface area contributed by atoms with Crippen molar-refractivity contribution in [3.05, 3.63) is 53.9 Å². The van der Waals surface area contributed by atoms with Crippen LogP contribution in [-0.4, -0.2) is 25.0 Å². The Kier molecular flexibility index (Phi) is 3.20. The summed E-state index contributed by atoms with van der Waals surface area (Å²) in [5.74, 6) is 0. The third-order valence-corrected chi connectivity index (χ3v) is 3.30. The molecule has 0 aliphatic carbocycles. The maximum absolute atomic E-state index is 4.19. The van der Waals surface area contributed by atoms with E-state index in [2.05, 4.69) is 25.6 Å². The van der Waals surface area contributed by atoms with Crippen LogP contribution < -0.4 is 5.32 Å². The normalized spacial score (nSPS) is 10.7. The summed E-state index contributed by atoms with van der Waals surface area (Å²) in [7, 11) is 0. The SMILES string of the molecule is Cc1n[nH]c(C)c1CNc1ccc(-n2cncn2)cc1. The number of rotatable bonds is 4. The lowest BCUT2D eigenvalue weighted by Gasteiger charge is -2.08. The topological polar surface area (TPSA) is 71.4 Å². The molecule has 0 saturated heterocycles. The van der Waals surface area contributed by atoms with E-state index in [-0.39, 0.29) is 0 Å². The molecular formula is C14H16N6. The summed E-state index contributed by atoms with van der Waals surface area (Å²) in [5.41, 5.74) is 5.41. The minimum absolute atomic E-state index is 0.761. The first-order chi connectivity index (χ1) is 9.74. The number of hydrogen-bond donors (Lipinski definition) is 2. The number of anilines is 1. The van der Waals surface area contributed by atoms with E-state index in [9.17, 15) is 0 Å². The molecule has 0 unspecified atom stereocenters. The first-order valence-corrected chi connectivity index (χ1v) is 6.43. The van der Waals surface area contributed by atoms with Crippen molar-refractivity contribution >= 4 is 5.69 Å². The molecule has 6 heteroatoms. The minimum Gasteiger partial charge on any atom is -0.381 e. The number of nitrogens with one attached hydrogen (secondary N) is 2. The van der Waals surface area contributed by atoms with Gasteiger partial charge in [-0.25, -0.2) is 9.67 Å². The van der Waals surface area contributed by atoms with Crippen LogP contribution in [0.3, 0.4) is 0 Å². The van der Waals surface area contributed by atoms with Crippen LogP contribution in [0.25, 0.3) is 5.69 Å². The van der Waals surface area contributed by atoms with Crippen molar-refractivity contribution in [2.45, 2.75) is 20.4 Å². The van der Waals surface area contributed by atoms with E-state index in [0.717, 1.165) is 29.3 Å². The summed E-state index contributed by atoms with van der Waals surface area (Å²) < 4.78 is 1.73. The molecule has 2 aromatic heterocycles. The fraction of sp³-hybridized carbons (Fsp3) is 0.214. The van der Waals surface area contributed by atoms with Gasteiger partial charge in [0.15, 0.2) is 0 Å². The number of benzene rings is 1. The predicted octanol–water partition coefficient (Wildman–Crippen LogP) is 2.22. The van der Waals surface area contributed by atoms with Gasteiger partial charge in [-0.2, -0.15) is 10.2 Å². The van der Waals surface area contributed by atoms with Gasteiger partial charge < -0.3 is 5.32 Å². The second-order valence-electron chi connectivity index (χ2n) is 4.65. The molecule has 0 saturated carbocycles. The summed E-state index contributed by atoms with van der Waals surface area (Å²) >= 11 is 0. The van der Waals surface area contributed by atoms with Crippen LogP contribution in [0.4, 0.5) is 5.69 Å². The smallest absolute Gasteiger partial charge is 0.138 e. The van der Waals surface area contributed by atoms with Crippen LogP contribution in [0.1, 0.15) is 17.0 Å². The summed E-state index contributed by atoms with van der Waals surface area (Å²) in [6.45, 7) is 4.80. The van der Waals surface area contributed by atoms with Gasteiger partial charge in [0.2, 0.25) is 0 Å². The second kappa shape index (κ2) is 5.16. The molecule has 0 radical (unpaired) electrons. The van der Waals surface area contributed by atoms with Crippen molar-refractivity contribution in [1.29, 1.82) is 0 Å². The van der Waals surface area contributed by atoms with Gasteiger partial charge >= 0.3 is 0 Å². The molecule has 3 rings (SSSR count). The highest BCUT2D eigenvalue weighted by molar-refractivity contribution is 5.49. The number of H-pyrrole nitrogens is 1. The van der Waals surface area contributed by atoms with Crippen LogP contribution in [0.15, 0.2) is 36.9 Å². The maximum atomic E-state index is 4.19. The Morgan fingerprint density at radius 1 is 1.20 bits per heavy atom. The summed E-state index contributed by atoms with van der Waals surface area (Å²) in [6, 6.07) is 8.07. The molecule has 0 aliphatic heterocycles. The average Bonchev–Trinajstić information content (AvgIpc) is 3.09. The van der Waals surface area contributed by atoms with Gasteiger partial charge in [-0.3, -0.25) is 5.10 Å². The van der Waals surface area contributed by atoms with Gasteiger partial charge in [-0.1, -0.05) is 0 Å². The van der Waals surface area contributed by atoms with Crippen LogP contribution in [-0.2, 0) is 6.54 Å². The Morgan fingerprint density at radius 2 is 2.00 bits per heavy atom. The zero-order valence-corrected chi connectivity index (χ0v) is 11.5. The molecule has 20 heavy (non-hydrogen) atoms. The van der Waals surface area contributed by atoms with Crippen LogP contribution in [0.2, 0.25) is 0 Å². The molecule has 0 amide bonds. The van der Waals surface area contributed by atoms with Gasteiger partial charge in [0.25, 0.3) is 0 Å². The molecule has 0 aliphatic rings. The lowest BCUT2D eigenvalue weighted by atomic mass is 10.2. The van der Waals surface area contributed by atoms with Gasteiger partial charge in [0.05, 0.1) is 11.4 Å². The van der Waals surface area contributed by atoms with Crippen molar-refractivity contribution in [3.8, 4) is 5.69 Å². The average molecular weight is 268 g/mol. The van der Waals surface area contributed by atoms with Crippen LogP contribution in [0, 0.1) is 13.8 Å². The van der Waals surface area contributed by atoms with E-state index in [1.807, 2.05) is 38.1 Å². The molecule has 0 spiro atoms. The van der Waals surface area contributed by atoms with Gasteiger partial charge in [0, 0.05) is 23.5 Å². The van der Waals surface area contributed by atoms with E-state index < -0.39 is 0 Å². The first kappa shape index (κ1) is 12.4. The third-order valence-electron chi connectivity index (χ3n) is 3.30. The number of aromatic amines is 1. The lowest BCUT2D eigenvalue weighted by Crippen LogP contribution is -2.02. The monoisotopic (exact) mass is 268 g/mol. The first-order valence-electron chi connectivity index (χ1n) is 6.43. The van der Waals surface area contributed by atoms with Crippen LogP contribution >= 0.6 is 0 Å². The third kappa shape index (κ3) is 2.40. The Balaban J connectivity index is 1.70. The van der Waals surface area contributed by atoms with Gasteiger partial charge in [0.1, 0.15) is 12.7 Å². The largest absolute Gasteiger partial charge is 0.381 e. The minimum atomic E-state index is 0.761. The quantitative estimate of drug-likeness (QED) is 0.761. The molecule has 3 aromatic rings. The number of nitrogens with zero attached hydrogens (tertiary/aromatic N) is 4. The van der Waals surface area contributed by atoms with Crippen molar-refractivity contribution in [2.75, 3.05) is 5.32 Å². The molecule has 0 atom stereocenters. The van der Waals surface area contributed by atoms with E-state index in [0.29, 0.717) is 0 Å². The molecule has 1 aromatic carbocycles. The van der Waals surface area contributed by atoms with Crippen LogP contribution in [0.5, 0.6) is 0 Å². The fourth-order valence-electron chi connectivity index (χ4n) is 2.10. The van der Waals surface area contributed by atoms with E-state index in [4.69, 9.17) is 0 Å². The highest BCUT2D eigenvalue weighted by Crippen LogP contribution is 2.15. The molecule has 0 fully saturated rings. The van der Waals surface area contributed by atoms with Crippen molar-refractivity contribution < 1.29 is 0 Å². The lowest BCUT2D eigenvalue weighted by molar-refractivity contribution is 0.879. The van der Waals surface area contributed by atoms with Crippen molar-refractivity contribution in [1.82, 2.24) is 25.0 Å². The maximum Gasteiger partial charge on any atom is 0.138 e. The Labute approximate surface area is 116 Å². The Morgan fingerprint density at radius 3 is 2.60 bits per heavy atom. The zero-order chi connectivity index (χ0) is 13.9. The number of aromatic nitrogens is 5. The summed E-state index contributed by atoms with van der Waals surface area (Å²) in [5, 5.41) is 14.7. The molecule has 2 N–H and O–H groups in total. The van der Waals surface area contributed by atoms with E-state index in [1.54, 1.807) is 11.0 Å².